The van der Waals surface area contributed by atoms with Crippen LogP contribution in [-0.4, -0.2) is 5.11 Å². The first kappa shape index (κ1) is 10.8. The molecule has 0 aromatic heterocycles. The normalized spacial score (nSPS) is 15.3. The van der Waals surface area contributed by atoms with Crippen molar-refractivity contribution in [3.05, 3.63) is 21.9 Å². The maximum absolute atomic E-state index is 9.04. The molecule has 0 aliphatic carbocycles. The van der Waals surface area contributed by atoms with Crippen molar-refractivity contribution < 1.29 is 5.11 Å². The zero-order chi connectivity index (χ0) is 9.02. The first-order chi connectivity index (χ1) is 4.95. The van der Waals surface area contributed by atoms with E-state index in [1.807, 2.05) is 6.08 Å². The molecule has 1 nitrogen and oxygen atoms in total. The van der Waals surface area contributed by atoms with Crippen LogP contribution in [-0.2, 0) is 0 Å². The maximum atomic E-state index is 9.04. The molecule has 0 atom stereocenters. The number of allylic oxidation sites excluding steroid dienone is 4. The van der Waals surface area contributed by atoms with E-state index in [4.69, 9.17) is 5.11 Å². The van der Waals surface area contributed by atoms with E-state index in [-0.39, 0.29) is 0 Å². The van der Waals surface area contributed by atoms with E-state index in [2.05, 4.69) is 36.7 Å². The van der Waals surface area contributed by atoms with Gasteiger partial charge in [-0.15, -0.1) is 0 Å². The highest BCUT2D eigenvalue weighted by molar-refractivity contribution is 9.11. The van der Waals surface area contributed by atoms with Gasteiger partial charge in [0.1, 0.15) is 5.76 Å². The SMILES string of the molecule is C/C(O)=C(Br)\C=C(/C)C(C)C. The maximum Gasteiger partial charge on any atom is 0.103 e. The molecule has 0 radical (unpaired) electrons. The lowest BCUT2D eigenvalue weighted by atomic mass is 10.1. The predicted octanol–water partition coefficient (Wildman–Crippen LogP) is 3.77. The Kier molecular flexibility index (Phi) is 4.50. The van der Waals surface area contributed by atoms with Gasteiger partial charge in [-0.2, -0.15) is 0 Å². The van der Waals surface area contributed by atoms with Crippen LogP contribution >= 0.6 is 15.9 Å². The molecule has 0 aliphatic heterocycles. The first-order valence-electron chi connectivity index (χ1n) is 3.68. The number of aliphatic hydroxyl groups is 1. The van der Waals surface area contributed by atoms with Gasteiger partial charge in [0, 0.05) is 0 Å². The van der Waals surface area contributed by atoms with Crippen LogP contribution in [0.25, 0.3) is 0 Å². The highest BCUT2D eigenvalue weighted by atomic mass is 79.9. The lowest BCUT2D eigenvalue weighted by molar-refractivity contribution is 0.413. The molecule has 0 rings (SSSR count). The predicted molar refractivity (Wildman–Crippen MR) is 52.9 cm³/mol. The third kappa shape index (κ3) is 4.25. The summed E-state index contributed by atoms with van der Waals surface area (Å²) in [4.78, 5) is 0. The summed E-state index contributed by atoms with van der Waals surface area (Å²) >= 11 is 3.26. The van der Waals surface area contributed by atoms with Gasteiger partial charge < -0.3 is 5.11 Å². The van der Waals surface area contributed by atoms with Crippen molar-refractivity contribution in [3.63, 3.8) is 0 Å². The van der Waals surface area contributed by atoms with Crippen molar-refractivity contribution in [2.24, 2.45) is 5.92 Å². The molecule has 0 saturated heterocycles. The van der Waals surface area contributed by atoms with E-state index in [0.717, 1.165) is 4.48 Å². The number of rotatable bonds is 2. The van der Waals surface area contributed by atoms with Crippen LogP contribution in [0.2, 0.25) is 0 Å². The third-order valence-electron chi connectivity index (χ3n) is 1.61. The second-order valence-electron chi connectivity index (χ2n) is 2.98. The van der Waals surface area contributed by atoms with Crippen LogP contribution in [0.1, 0.15) is 27.7 Å². The van der Waals surface area contributed by atoms with Crippen LogP contribution in [0.4, 0.5) is 0 Å². The average Bonchev–Trinajstić information content (AvgIpc) is 1.87. The summed E-state index contributed by atoms with van der Waals surface area (Å²) in [6.07, 6.45) is 1.94. The van der Waals surface area contributed by atoms with Crippen LogP contribution in [0, 0.1) is 5.92 Å². The van der Waals surface area contributed by atoms with E-state index in [1.54, 1.807) is 6.92 Å². The van der Waals surface area contributed by atoms with Crippen molar-refractivity contribution in [2.75, 3.05) is 0 Å². The van der Waals surface area contributed by atoms with Gasteiger partial charge in [0.05, 0.1) is 4.48 Å². The van der Waals surface area contributed by atoms with Gasteiger partial charge in [-0.25, -0.2) is 0 Å². The summed E-state index contributed by atoms with van der Waals surface area (Å²) in [6, 6.07) is 0. The molecule has 0 spiro atoms. The summed E-state index contributed by atoms with van der Waals surface area (Å²) in [5, 5.41) is 9.04. The molecule has 0 aliphatic rings. The van der Waals surface area contributed by atoms with Gasteiger partial charge in [-0.1, -0.05) is 19.4 Å². The number of aliphatic hydroxyl groups excluding tert-OH is 1. The average molecular weight is 219 g/mol. The first-order valence-corrected chi connectivity index (χ1v) is 4.48. The fourth-order valence-electron chi connectivity index (χ4n) is 0.471. The Bertz CT molecular complexity index is 186. The van der Waals surface area contributed by atoms with E-state index < -0.39 is 0 Å². The van der Waals surface area contributed by atoms with Crippen LogP contribution in [0.15, 0.2) is 21.9 Å². The number of hydrogen-bond donors (Lipinski definition) is 1. The fourth-order valence-corrected chi connectivity index (χ4v) is 0.832. The highest BCUT2D eigenvalue weighted by Gasteiger charge is 1.98. The second kappa shape index (κ2) is 4.60. The molecular formula is C9H15BrO. The Morgan fingerprint density at radius 1 is 1.36 bits per heavy atom. The van der Waals surface area contributed by atoms with Gasteiger partial charge in [0.15, 0.2) is 0 Å². The van der Waals surface area contributed by atoms with Gasteiger partial charge in [0.2, 0.25) is 0 Å². The number of hydrogen-bond acceptors (Lipinski definition) is 1. The second-order valence-corrected chi connectivity index (χ2v) is 3.83. The minimum absolute atomic E-state index is 0.324. The molecule has 11 heavy (non-hydrogen) atoms. The van der Waals surface area contributed by atoms with Crippen LogP contribution in [0.3, 0.4) is 0 Å². The third-order valence-corrected chi connectivity index (χ3v) is 2.41. The molecule has 2 heteroatoms. The highest BCUT2D eigenvalue weighted by Crippen LogP contribution is 2.17. The quantitative estimate of drug-likeness (QED) is 0.553. The molecule has 1 N–H and O–H groups in total. The van der Waals surface area contributed by atoms with Crippen molar-refractivity contribution in [3.8, 4) is 0 Å². The van der Waals surface area contributed by atoms with Crippen molar-refractivity contribution >= 4 is 15.9 Å². The zero-order valence-corrected chi connectivity index (χ0v) is 9.07. The zero-order valence-electron chi connectivity index (χ0n) is 7.48. The summed E-state index contributed by atoms with van der Waals surface area (Å²) in [7, 11) is 0. The van der Waals surface area contributed by atoms with Gasteiger partial charge in [0.25, 0.3) is 0 Å². The van der Waals surface area contributed by atoms with Crippen LogP contribution < -0.4 is 0 Å². The summed E-state index contributed by atoms with van der Waals surface area (Å²) in [5.74, 6) is 0.854. The molecule has 0 amide bonds. The molecule has 0 unspecified atom stereocenters. The van der Waals surface area contributed by atoms with E-state index in [1.165, 1.54) is 5.57 Å². The van der Waals surface area contributed by atoms with Crippen molar-refractivity contribution in [1.29, 1.82) is 0 Å². The fraction of sp³-hybridized carbons (Fsp3) is 0.556. The van der Waals surface area contributed by atoms with E-state index in [0.29, 0.717) is 11.7 Å². The molecule has 0 bridgehead atoms. The molecule has 64 valence electrons. The Balaban J connectivity index is 4.44. The monoisotopic (exact) mass is 218 g/mol. The minimum atomic E-state index is 0.324. The lowest BCUT2D eigenvalue weighted by Gasteiger charge is -2.04. The van der Waals surface area contributed by atoms with Crippen LogP contribution in [0.5, 0.6) is 0 Å². The molecule has 0 fully saturated rings. The standard InChI is InChI=1S/C9H15BrO/c1-6(2)7(3)5-9(10)8(4)11/h5-6,11H,1-4H3/b7-5+,9-8-. The Morgan fingerprint density at radius 3 is 2.09 bits per heavy atom. The van der Waals surface area contributed by atoms with Gasteiger partial charge in [-0.3, -0.25) is 0 Å². The largest absolute Gasteiger partial charge is 0.511 e. The van der Waals surface area contributed by atoms with E-state index in [9.17, 15) is 0 Å². The summed E-state index contributed by atoms with van der Waals surface area (Å²) in [5.41, 5.74) is 1.25. The summed E-state index contributed by atoms with van der Waals surface area (Å²) < 4.78 is 0.767. The van der Waals surface area contributed by atoms with Crippen molar-refractivity contribution in [2.45, 2.75) is 27.7 Å². The Labute approximate surface area is 76.9 Å². The summed E-state index contributed by atoms with van der Waals surface area (Å²) in [6.45, 7) is 7.96. The van der Waals surface area contributed by atoms with Gasteiger partial charge in [-0.05, 0) is 41.8 Å². The minimum Gasteiger partial charge on any atom is -0.511 e. The molecule has 0 heterocycles. The number of halogens is 1. The molecule has 0 aromatic carbocycles. The topological polar surface area (TPSA) is 20.2 Å². The molecule has 0 saturated carbocycles. The smallest absolute Gasteiger partial charge is 0.103 e. The molecule has 0 aromatic rings. The van der Waals surface area contributed by atoms with Crippen molar-refractivity contribution in [1.82, 2.24) is 0 Å². The van der Waals surface area contributed by atoms with Gasteiger partial charge >= 0.3 is 0 Å². The lowest BCUT2D eigenvalue weighted by Crippen LogP contribution is -1.88. The Hall–Kier alpha value is -0.240. The van der Waals surface area contributed by atoms with E-state index >= 15 is 0 Å². The Morgan fingerprint density at radius 2 is 1.82 bits per heavy atom. The molecular weight excluding hydrogens is 204 g/mol.